The summed E-state index contributed by atoms with van der Waals surface area (Å²) in [5.74, 6) is -0.717. The Morgan fingerprint density at radius 1 is 1.25 bits per heavy atom. The van der Waals surface area contributed by atoms with E-state index in [0.717, 1.165) is 22.5 Å². The number of hydrogen-bond donors (Lipinski definition) is 1. The van der Waals surface area contributed by atoms with Crippen molar-refractivity contribution in [2.45, 2.75) is 20.8 Å². The molecule has 6 heteroatoms. The van der Waals surface area contributed by atoms with Gasteiger partial charge in [-0.15, -0.1) is 0 Å². The van der Waals surface area contributed by atoms with Crippen molar-refractivity contribution in [3.63, 3.8) is 0 Å². The molecule has 0 atom stereocenters. The Kier molecular flexibility index (Phi) is 5.18. The number of ether oxygens (including phenoxy) is 1. The van der Waals surface area contributed by atoms with Crippen LogP contribution in [0.3, 0.4) is 0 Å². The zero-order valence-electron chi connectivity index (χ0n) is 14.5. The largest absolute Gasteiger partial charge is 0.465 e. The molecule has 126 valence electrons. The van der Waals surface area contributed by atoms with Gasteiger partial charge < -0.3 is 10.1 Å². The third-order valence-electron chi connectivity index (χ3n) is 3.88. The number of hydrogen-bond acceptors (Lipinski definition) is 4. The van der Waals surface area contributed by atoms with E-state index in [9.17, 15) is 9.59 Å². The monoisotopic (exact) mass is 327 g/mol. The zero-order valence-corrected chi connectivity index (χ0v) is 14.5. The van der Waals surface area contributed by atoms with E-state index in [2.05, 4.69) is 10.4 Å². The Bertz CT molecular complexity index is 819. The maximum Gasteiger partial charge on any atom is 0.337 e. The summed E-state index contributed by atoms with van der Waals surface area (Å²) in [5, 5.41) is 7.09. The molecule has 6 nitrogen and oxygen atoms in total. The highest BCUT2D eigenvalue weighted by Crippen LogP contribution is 2.18. The number of esters is 1. The molecule has 24 heavy (non-hydrogen) atoms. The standard InChI is InChI=1S/C18H21N3O3/c1-11-6-7-14(18(23)24-5)10-16(11)19-17(22)9-8-15-12(2)20-21(4)13(15)3/h6-10H,1-5H3,(H,19,22). The molecule has 0 aliphatic rings. The first-order chi connectivity index (χ1) is 11.3. The molecule has 1 heterocycles. The minimum atomic E-state index is -0.442. The van der Waals surface area contributed by atoms with Gasteiger partial charge in [-0.25, -0.2) is 4.79 Å². The summed E-state index contributed by atoms with van der Waals surface area (Å²) in [6.07, 6.45) is 3.20. The van der Waals surface area contributed by atoms with Gasteiger partial charge in [-0.1, -0.05) is 6.07 Å². The van der Waals surface area contributed by atoms with Gasteiger partial charge in [0.2, 0.25) is 5.91 Å². The molecule has 1 aromatic heterocycles. The number of rotatable bonds is 4. The van der Waals surface area contributed by atoms with Crippen molar-refractivity contribution in [2.75, 3.05) is 12.4 Å². The van der Waals surface area contributed by atoms with Crippen molar-refractivity contribution in [3.8, 4) is 0 Å². The van der Waals surface area contributed by atoms with Gasteiger partial charge in [0, 0.05) is 30.1 Å². The second-order valence-corrected chi connectivity index (χ2v) is 5.55. The number of amides is 1. The van der Waals surface area contributed by atoms with Crippen molar-refractivity contribution < 1.29 is 14.3 Å². The molecule has 0 saturated carbocycles. The highest BCUT2D eigenvalue weighted by molar-refractivity contribution is 6.03. The number of nitrogens with one attached hydrogen (secondary N) is 1. The molecule has 1 amide bonds. The van der Waals surface area contributed by atoms with Crippen LogP contribution in [-0.4, -0.2) is 28.8 Å². The molecule has 0 saturated heterocycles. The first-order valence-electron chi connectivity index (χ1n) is 7.51. The van der Waals surface area contributed by atoms with E-state index in [1.54, 1.807) is 29.0 Å². The molecule has 0 unspecified atom stereocenters. The van der Waals surface area contributed by atoms with Gasteiger partial charge in [-0.3, -0.25) is 9.48 Å². The summed E-state index contributed by atoms with van der Waals surface area (Å²) >= 11 is 0. The van der Waals surface area contributed by atoms with Gasteiger partial charge in [0.05, 0.1) is 18.4 Å². The fourth-order valence-corrected chi connectivity index (χ4v) is 2.37. The Hall–Kier alpha value is -2.89. The SMILES string of the molecule is COC(=O)c1ccc(C)c(NC(=O)C=Cc2c(C)nn(C)c2C)c1. The van der Waals surface area contributed by atoms with Crippen LogP contribution in [-0.2, 0) is 16.6 Å². The molecular weight excluding hydrogens is 306 g/mol. The van der Waals surface area contributed by atoms with E-state index < -0.39 is 5.97 Å². The van der Waals surface area contributed by atoms with Crippen LogP contribution in [0.4, 0.5) is 5.69 Å². The Morgan fingerprint density at radius 2 is 1.96 bits per heavy atom. The van der Waals surface area contributed by atoms with Crippen molar-refractivity contribution >= 4 is 23.6 Å². The van der Waals surface area contributed by atoms with E-state index in [1.807, 2.05) is 27.8 Å². The normalized spacial score (nSPS) is 10.9. The predicted octanol–water partition coefficient (Wildman–Crippen LogP) is 2.78. The lowest BCUT2D eigenvalue weighted by atomic mass is 10.1. The van der Waals surface area contributed by atoms with Crippen LogP contribution in [0.25, 0.3) is 6.08 Å². The fraction of sp³-hybridized carbons (Fsp3) is 0.278. The number of aryl methyl sites for hydroxylation is 3. The summed E-state index contributed by atoms with van der Waals surface area (Å²) in [7, 11) is 3.18. The number of methoxy groups -OCH3 is 1. The highest BCUT2D eigenvalue weighted by Gasteiger charge is 2.10. The van der Waals surface area contributed by atoms with Crippen molar-refractivity contribution in [1.82, 2.24) is 9.78 Å². The maximum atomic E-state index is 12.2. The Morgan fingerprint density at radius 3 is 2.54 bits per heavy atom. The molecule has 0 radical (unpaired) electrons. The smallest absolute Gasteiger partial charge is 0.337 e. The van der Waals surface area contributed by atoms with Crippen LogP contribution in [0.15, 0.2) is 24.3 Å². The van der Waals surface area contributed by atoms with Crippen LogP contribution in [0, 0.1) is 20.8 Å². The quantitative estimate of drug-likeness (QED) is 0.692. The lowest BCUT2D eigenvalue weighted by Crippen LogP contribution is -2.10. The molecule has 0 aliphatic carbocycles. The summed E-state index contributed by atoms with van der Waals surface area (Å²) < 4.78 is 6.47. The van der Waals surface area contributed by atoms with Crippen molar-refractivity contribution in [2.24, 2.45) is 7.05 Å². The van der Waals surface area contributed by atoms with Crippen LogP contribution < -0.4 is 5.32 Å². The molecule has 2 rings (SSSR count). The highest BCUT2D eigenvalue weighted by atomic mass is 16.5. The average molecular weight is 327 g/mol. The number of carbonyl (C=O) groups is 2. The number of aromatic nitrogens is 2. The van der Waals surface area contributed by atoms with Gasteiger partial charge in [-0.05, 0) is 44.5 Å². The Labute approximate surface area is 141 Å². The van der Waals surface area contributed by atoms with Crippen LogP contribution in [0.2, 0.25) is 0 Å². The maximum absolute atomic E-state index is 12.2. The van der Waals surface area contributed by atoms with Crippen LogP contribution in [0.1, 0.15) is 32.9 Å². The first kappa shape index (κ1) is 17.5. The van der Waals surface area contributed by atoms with Crippen LogP contribution >= 0.6 is 0 Å². The van der Waals surface area contributed by atoms with Gasteiger partial charge in [0.25, 0.3) is 0 Å². The van der Waals surface area contributed by atoms with Gasteiger partial charge in [0.15, 0.2) is 0 Å². The molecule has 0 fully saturated rings. The Balaban J connectivity index is 2.18. The van der Waals surface area contributed by atoms with Crippen LogP contribution in [0.5, 0.6) is 0 Å². The van der Waals surface area contributed by atoms with E-state index in [4.69, 9.17) is 4.74 Å². The van der Waals surface area contributed by atoms with Gasteiger partial charge in [-0.2, -0.15) is 5.10 Å². The molecule has 0 spiro atoms. The zero-order chi connectivity index (χ0) is 17.9. The first-order valence-corrected chi connectivity index (χ1v) is 7.51. The number of nitrogens with zero attached hydrogens (tertiary/aromatic N) is 2. The van der Waals surface area contributed by atoms with Gasteiger partial charge >= 0.3 is 5.97 Å². The summed E-state index contributed by atoms with van der Waals surface area (Å²) in [6.45, 7) is 5.70. The summed E-state index contributed by atoms with van der Waals surface area (Å²) in [6, 6.07) is 5.03. The number of benzene rings is 1. The van der Waals surface area contributed by atoms with E-state index in [0.29, 0.717) is 11.3 Å². The molecule has 0 bridgehead atoms. The van der Waals surface area contributed by atoms with E-state index >= 15 is 0 Å². The lowest BCUT2D eigenvalue weighted by molar-refractivity contribution is -0.111. The summed E-state index contributed by atoms with van der Waals surface area (Å²) in [4.78, 5) is 23.8. The third-order valence-corrected chi connectivity index (χ3v) is 3.88. The van der Waals surface area contributed by atoms with Gasteiger partial charge in [0.1, 0.15) is 0 Å². The topological polar surface area (TPSA) is 73.2 Å². The minimum absolute atomic E-state index is 0.275. The minimum Gasteiger partial charge on any atom is -0.465 e. The van der Waals surface area contributed by atoms with E-state index in [-0.39, 0.29) is 5.91 Å². The molecule has 1 N–H and O–H groups in total. The lowest BCUT2D eigenvalue weighted by Gasteiger charge is -2.08. The third kappa shape index (κ3) is 3.71. The molecular formula is C18H21N3O3. The summed E-state index contributed by atoms with van der Waals surface area (Å²) in [5.41, 5.74) is 4.60. The molecule has 0 aliphatic heterocycles. The van der Waals surface area contributed by atoms with Crippen molar-refractivity contribution in [3.05, 3.63) is 52.4 Å². The van der Waals surface area contributed by atoms with Crippen molar-refractivity contribution in [1.29, 1.82) is 0 Å². The number of carbonyl (C=O) groups excluding carboxylic acids is 2. The second-order valence-electron chi connectivity index (χ2n) is 5.55. The average Bonchev–Trinajstić information content (AvgIpc) is 2.79. The number of anilines is 1. The fourth-order valence-electron chi connectivity index (χ4n) is 2.37. The molecule has 1 aromatic carbocycles. The second kappa shape index (κ2) is 7.12. The predicted molar refractivity (Wildman–Crippen MR) is 92.9 cm³/mol. The van der Waals surface area contributed by atoms with E-state index in [1.165, 1.54) is 13.2 Å². The molecule has 2 aromatic rings.